The van der Waals surface area contributed by atoms with Gasteiger partial charge in [0.15, 0.2) is 0 Å². The normalized spacial score (nSPS) is 10.3. The van der Waals surface area contributed by atoms with Gasteiger partial charge < -0.3 is 11.1 Å². The molecule has 2 rings (SSSR count). The number of nitrogens with two attached hydrogens (primary N) is 1. The van der Waals surface area contributed by atoms with Crippen LogP contribution >= 0.6 is 11.6 Å². The monoisotopic (exact) mass is 264 g/mol. The van der Waals surface area contributed by atoms with Crippen LogP contribution in [0, 0.1) is 5.82 Å². The number of hydrogen-bond donors (Lipinski definition) is 2. The van der Waals surface area contributed by atoms with Crippen molar-refractivity contribution in [1.82, 2.24) is 0 Å². The van der Waals surface area contributed by atoms with Crippen LogP contribution in [0.25, 0.3) is 0 Å². The van der Waals surface area contributed by atoms with Crippen molar-refractivity contribution in [1.29, 1.82) is 0 Å². The van der Waals surface area contributed by atoms with Crippen LogP contribution in [0.15, 0.2) is 42.5 Å². The summed E-state index contributed by atoms with van der Waals surface area (Å²) in [5.74, 6) is -0.328. The van der Waals surface area contributed by atoms with Gasteiger partial charge in [0, 0.05) is 17.3 Å². The van der Waals surface area contributed by atoms with Gasteiger partial charge in [0.2, 0.25) is 0 Å². The van der Waals surface area contributed by atoms with E-state index in [2.05, 4.69) is 5.32 Å². The lowest BCUT2D eigenvalue weighted by Crippen LogP contribution is -2.06. The van der Waals surface area contributed by atoms with Gasteiger partial charge in [-0.15, -0.1) is 0 Å². The molecule has 4 heteroatoms. The fourth-order valence-electron chi connectivity index (χ4n) is 1.67. The third kappa shape index (κ3) is 3.37. The molecule has 0 saturated carbocycles. The summed E-state index contributed by atoms with van der Waals surface area (Å²) >= 11 is 5.80. The van der Waals surface area contributed by atoms with Crippen molar-refractivity contribution in [3.8, 4) is 0 Å². The first-order valence-electron chi connectivity index (χ1n) is 5.68. The predicted molar refractivity (Wildman–Crippen MR) is 74.5 cm³/mol. The molecule has 2 aromatic carbocycles. The number of nitrogen functional groups attached to an aromatic ring is 1. The molecule has 2 nitrogen and oxygen atoms in total. The summed E-state index contributed by atoms with van der Waals surface area (Å²) in [7, 11) is 0. The number of anilines is 2. The maximum Gasteiger partial charge on any atom is 0.148 e. The van der Waals surface area contributed by atoms with Gasteiger partial charge in [0.05, 0.1) is 5.69 Å². The molecule has 0 heterocycles. The van der Waals surface area contributed by atoms with E-state index in [0.29, 0.717) is 17.9 Å². The maximum absolute atomic E-state index is 13.5. The molecule has 0 aliphatic carbocycles. The Morgan fingerprint density at radius 2 is 1.83 bits per heavy atom. The van der Waals surface area contributed by atoms with E-state index in [-0.39, 0.29) is 5.82 Å². The Balaban J connectivity index is 1.90. The molecule has 0 radical (unpaired) electrons. The van der Waals surface area contributed by atoms with Crippen LogP contribution in [-0.4, -0.2) is 6.54 Å². The Hall–Kier alpha value is -1.74. The standard InChI is InChI=1S/C14H14ClFN2/c15-11-3-1-10(2-4-11)7-8-18-14-6-5-12(17)9-13(14)16/h1-6,9,18H,7-8,17H2. The minimum absolute atomic E-state index is 0.328. The number of rotatable bonds is 4. The molecule has 0 unspecified atom stereocenters. The van der Waals surface area contributed by atoms with E-state index in [1.807, 2.05) is 24.3 Å². The zero-order valence-corrected chi connectivity index (χ0v) is 10.5. The highest BCUT2D eigenvalue weighted by molar-refractivity contribution is 6.30. The SMILES string of the molecule is Nc1ccc(NCCc2ccc(Cl)cc2)c(F)c1. The van der Waals surface area contributed by atoms with Gasteiger partial charge in [0.25, 0.3) is 0 Å². The van der Waals surface area contributed by atoms with Gasteiger partial charge in [-0.3, -0.25) is 0 Å². The van der Waals surface area contributed by atoms with Crippen molar-refractivity contribution < 1.29 is 4.39 Å². The largest absolute Gasteiger partial charge is 0.399 e. The van der Waals surface area contributed by atoms with E-state index in [9.17, 15) is 4.39 Å². The van der Waals surface area contributed by atoms with E-state index in [1.54, 1.807) is 12.1 Å². The molecule has 2 aromatic rings. The quantitative estimate of drug-likeness (QED) is 0.826. The molecule has 0 bridgehead atoms. The molecule has 94 valence electrons. The first-order valence-corrected chi connectivity index (χ1v) is 6.06. The summed E-state index contributed by atoms with van der Waals surface area (Å²) in [5, 5.41) is 3.76. The van der Waals surface area contributed by atoms with Crippen LogP contribution in [0.4, 0.5) is 15.8 Å². The number of nitrogens with one attached hydrogen (secondary N) is 1. The summed E-state index contributed by atoms with van der Waals surface area (Å²) < 4.78 is 13.5. The van der Waals surface area contributed by atoms with Crippen molar-refractivity contribution in [2.75, 3.05) is 17.6 Å². The van der Waals surface area contributed by atoms with Gasteiger partial charge >= 0.3 is 0 Å². The molecule has 0 saturated heterocycles. The zero-order valence-electron chi connectivity index (χ0n) is 9.79. The van der Waals surface area contributed by atoms with Gasteiger partial charge in [-0.25, -0.2) is 4.39 Å². The summed E-state index contributed by atoms with van der Waals surface area (Å²) in [4.78, 5) is 0. The molecule has 0 amide bonds. The second kappa shape index (κ2) is 5.74. The average Bonchev–Trinajstić information content (AvgIpc) is 2.34. The minimum Gasteiger partial charge on any atom is -0.399 e. The molecule has 0 aliphatic heterocycles. The summed E-state index contributed by atoms with van der Waals surface area (Å²) in [6.07, 6.45) is 0.807. The van der Waals surface area contributed by atoms with Crippen LogP contribution in [-0.2, 0) is 6.42 Å². The summed E-state index contributed by atoms with van der Waals surface area (Å²) in [6, 6.07) is 12.2. The predicted octanol–water partition coefficient (Wildman–Crippen LogP) is 3.72. The van der Waals surface area contributed by atoms with Crippen LogP contribution in [0.5, 0.6) is 0 Å². The number of benzene rings is 2. The molecule has 0 aliphatic rings. The smallest absolute Gasteiger partial charge is 0.148 e. The summed E-state index contributed by atoms with van der Waals surface area (Å²) in [5.41, 5.74) is 7.53. The lowest BCUT2D eigenvalue weighted by atomic mass is 10.1. The van der Waals surface area contributed by atoms with Crippen molar-refractivity contribution >= 4 is 23.0 Å². The van der Waals surface area contributed by atoms with Gasteiger partial charge in [-0.05, 0) is 42.3 Å². The highest BCUT2D eigenvalue weighted by Gasteiger charge is 2.01. The molecular formula is C14H14ClFN2. The molecule has 0 aromatic heterocycles. The van der Waals surface area contributed by atoms with Gasteiger partial charge in [0.1, 0.15) is 5.82 Å². The van der Waals surface area contributed by atoms with Crippen molar-refractivity contribution in [3.63, 3.8) is 0 Å². The van der Waals surface area contributed by atoms with E-state index >= 15 is 0 Å². The van der Waals surface area contributed by atoms with Crippen molar-refractivity contribution in [2.45, 2.75) is 6.42 Å². The van der Waals surface area contributed by atoms with Crippen LogP contribution in [0.1, 0.15) is 5.56 Å². The lowest BCUT2D eigenvalue weighted by molar-refractivity contribution is 0.631. The van der Waals surface area contributed by atoms with Gasteiger partial charge in [-0.1, -0.05) is 23.7 Å². The van der Waals surface area contributed by atoms with Crippen LogP contribution in [0.2, 0.25) is 5.02 Å². The average molecular weight is 265 g/mol. The highest BCUT2D eigenvalue weighted by Crippen LogP contribution is 2.17. The number of hydrogen-bond acceptors (Lipinski definition) is 2. The number of halogens is 2. The fraction of sp³-hybridized carbons (Fsp3) is 0.143. The lowest BCUT2D eigenvalue weighted by Gasteiger charge is -2.08. The van der Waals surface area contributed by atoms with E-state index in [0.717, 1.165) is 17.0 Å². The molecule has 0 atom stereocenters. The Labute approximate surface area is 111 Å². The third-order valence-electron chi connectivity index (χ3n) is 2.64. The molecule has 3 N–H and O–H groups in total. The third-order valence-corrected chi connectivity index (χ3v) is 2.89. The second-order valence-electron chi connectivity index (χ2n) is 4.04. The molecule has 0 fully saturated rings. The first kappa shape index (κ1) is 12.7. The summed E-state index contributed by atoms with van der Waals surface area (Å²) in [6.45, 7) is 0.655. The molecule has 0 spiro atoms. The second-order valence-corrected chi connectivity index (χ2v) is 4.48. The maximum atomic E-state index is 13.5. The van der Waals surface area contributed by atoms with Gasteiger partial charge in [-0.2, -0.15) is 0 Å². The Kier molecular flexibility index (Phi) is 4.05. The minimum atomic E-state index is -0.328. The van der Waals surface area contributed by atoms with E-state index < -0.39 is 0 Å². The zero-order chi connectivity index (χ0) is 13.0. The van der Waals surface area contributed by atoms with Crippen LogP contribution < -0.4 is 11.1 Å². The Morgan fingerprint density at radius 3 is 2.50 bits per heavy atom. The first-order chi connectivity index (χ1) is 8.65. The molecule has 18 heavy (non-hydrogen) atoms. The topological polar surface area (TPSA) is 38.0 Å². The molecular weight excluding hydrogens is 251 g/mol. The van der Waals surface area contributed by atoms with Crippen molar-refractivity contribution in [3.05, 3.63) is 58.9 Å². The Morgan fingerprint density at radius 1 is 1.11 bits per heavy atom. The van der Waals surface area contributed by atoms with E-state index in [4.69, 9.17) is 17.3 Å². The Bertz CT molecular complexity index is 526. The van der Waals surface area contributed by atoms with E-state index in [1.165, 1.54) is 6.07 Å². The van der Waals surface area contributed by atoms with Crippen LogP contribution in [0.3, 0.4) is 0 Å². The highest BCUT2D eigenvalue weighted by atomic mass is 35.5. The van der Waals surface area contributed by atoms with Crippen molar-refractivity contribution in [2.24, 2.45) is 0 Å². The fourth-order valence-corrected chi connectivity index (χ4v) is 1.79.